The molecule has 0 radical (unpaired) electrons. The third-order valence-corrected chi connectivity index (χ3v) is 2.17. The number of benzene rings is 1. The Labute approximate surface area is 91.1 Å². The van der Waals surface area contributed by atoms with Gasteiger partial charge in [-0.05, 0) is 10.4 Å². The molecule has 0 unspecified atom stereocenters. The highest BCUT2D eigenvalue weighted by Crippen LogP contribution is 2.14. The number of hydrogen-bond acceptors (Lipinski definition) is 4. The van der Waals surface area contributed by atoms with Crippen LogP contribution in [-0.2, 0) is 0 Å². The quantitative estimate of drug-likeness (QED) is 0.631. The molecule has 0 N–H and O–H groups in total. The van der Waals surface area contributed by atoms with E-state index in [9.17, 15) is 0 Å². The Morgan fingerprint density at radius 3 is 2.56 bits per heavy atom. The summed E-state index contributed by atoms with van der Waals surface area (Å²) in [6, 6.07) is 9.85. The highest BCUT2D eigenvalue weighted by molar-refractivity contribution is 5.56. The van der Waals surface area contributed by atoms with Gasteiger partial charge >= 0.3 is 0 Å². The van der Waals surface area contributed by atoms with Gasteiger partial charge in [0, 0.05) is 5.56 Å². The van der Waals surface area contributed by atoms with Gasteiger partial charge in [0.15, 0.2) is 0 Å². The molecule has 2 heterocycles. The number of hydrogen-bond donors (Lipinski definition) is 0. The van der Waals surface area contributed by atoms with Gasteiger partial charge in [0.25, 0.3) is 0 Å². The van der Waals surface area contributed by atoms with Crippen molar-refractivity contribution < 1.29 is 0 Å². The van der Waals surface area contributed by atoms with E-state index in [2.05, 4.69) is 20.6 Å². The summed E-state index contributed by atoms with van der Waals surface area (Å²) in [4.78, 5) is 3.02. The molecular formula is C10H8N6. The topological polar surface area (TPSA) is 61.4 Å². The lowest BCUT2D eigenvalue weighted by atomic mass is 10.2. The van der Waals surface area contributed by atoms with Crippen molar-refractivity contribution in [2.45, 2.75) is 0 Å². The van der Waals surface area contributed by atoms with Crippen LogP contribution in [0.1, 0.15) is 0 Å². The van der Waals surface area contributed by atoms with E-state index in [0.717, 1.165) is 11.3 Å². The molecule has 0 bridgehead atoms. The minimum Gasteiger partial charge on any atom is -0.137 e. The summed E-state index contributed by atoms with van der Waals surface area (Å²) >= 11 is 0. The first-order chi connectivity index (χ1) is 7.93. The molecular weight excluding hydrogens is 204 g/mol. The number of aromatic nitrogens is 6. The zero-order valence-corrected chi connectivity index (χ0v) is 8.30. The Morgan fingerprint density at radius 1 is 0.938 bits per heavy atom. The fourth-order valence-corrected chi connectivity index (χ4v) is 1.41. The van der Waals surface area contributed by atoms with Crippen LogP contribution in [0.15, 0.2) is 48.9 Å². The minimum absolute atomic E-state index is 0.802. The van der Waals surface area contributed by atoms with Crippen LogP contribution in [0.5, 0.6) is 0 Å². The molecule has 1 aromatic carbocycles. The molecule has 0 aliphatic carbocycles. The van der Waals surface area contributed by atoms with E-state index in [4.69, 9.17) is 0 Å². The smallest absolute Gasteiger partial charge is 0.115 e. The van der Waals surface area contributed by atoms with Crippen molar-refractivity contribution in [2.75, 3.05) is 0 Å². The fourth-order valence-electron chi connectivity index (χ4n) is 1.41. The monoisotopic (exact) mass is 212 g/mol. The molecule has 78 valence electrons. The van der Waals surface area contributed by atoms with Gasteiger partial charge in [-0.1, -0.05) is 30.3 Å². The molecule has 6 nitrogen and oxygen atoms in total. The normalized spacial score (nSPS) is 10.5. The first kappa shape index (κ1) is 8.78. The van der Waals surface area contributed by atoms with E-state index >= 15 is 0 Å². The van der Waals surface area contributed by atoms with Crippen molar-refractivity contribution in [1.29, 1.82) is 0 Å². The summed E-state index contributed by atoms with van der Waals surface area (Å²) in [5, 5.41) is 15.6. The molecule has 0 saturated carbocycles. The maximum Gasteiger partial charge on any atom is 0.115 e. The molecule has 0 saturated heterocycles. The highest BCUT2D eigenvalue weighted by atomic mass is 15.7. The molecule has 0 aliphatic heterocycles. The van der Waals surface area contributed by atoms with Crippen LogP contribution in [0, 0.1) is 0 Å². The van der Waals surface area contributed by atoms with Crippen molar-refractivity contribution in [3.63, 3.8) is 0 Å². The SMILES string of the molecule is c1ccc(-c2cn(-n3ccnn3)nn2)cc1. The van der Waals surface area contributed by atoms with Crippen LogP contribution in [-0.4, -0.2) is 30.2 Å². The molecule has 16 heavy (non-hydrogen) atoms. The lowest BCUT2D eigenvalue weighted by Crippen LogP contribution is -2.10. The molecule has 0 amide bonds. The predicted octanol–water partition coefficient (Wildman–Crippen LogP) is 0.848. The molecule has 0 spiro atoms. The van der Waals surface area contributed by atoms with Crippen LogP contribution in [0.25, 0.3) is 11.3 Å². The average molecular weight is 212 g/mol. The molecule has 0 atom stereocenters. The Balaban J connectivity index is 2.00. The van der Waals surface area contributed by atoms with E-state index in [1.54, 1.807) is 18.6 Å². The number of rotatable bonds is 2. The second-order valence-electron chi connectivity index (χ2n) is 3.21. The third kappa shape index (κ3) is 1.46. The van der Waals surface area contributed by atoms with E-state index in [0.29, 0.717) is 0 Å². The fraction of sp³-hybridized carbons (Fsp3) is 0. The summed E-state index contributed by atoms with van der Waals surface area (Å²) < 4.78 is 0. The van der Waals surface area contributed by atoms with Crippen LogP contribution in [0.4, 0.5) is 0 Å². The maximum atomic E-state index is 4.07. The van der Waals surface area contributed by atoms with Gasteiger partial charge in [-0.3, -0.25) is 0 Å². The van der Waals surface area contributed by atoms with E-state index < -0.39 is 0 Å². The first-order valence-electron chi connectivity index (χ1n) is 4.78. The van der Waals surface area contributed by atoms with Crippen molar-refractivity contribution >= 4 is 0 Å². The van der Waals surface area contributed by atoms with Crippen molar-refractivity contribution in [3.05, 3.63) is 48.9 Å². The van der Waals surface area contributed by atoms with Crippen LogP contribution in [0.3, 0.4) is 0 Å². The van der Waals surface area contributed by atoms with E-state index in [1.165, 1.54) is 9.58 Å². The maximum absolute atomic E-state index is 4.07. The van der Waals surface area contributed by atoms with E-state index in [1.807, 2.05) is 30.3 Å². The lowest BCUT2D eigenvalue weighted by Gasteiger charge is -1.95. The summed E-state index contributed by atoms with van der Waals surface area (Å²) in [6.45, 7) is 0. The highest BCUT2D eigenvalue weighted by Gasteiger charge is 2.03. The summed E-state index contributed by atoms with van der Waals surface area (Å²) in [6.07, 6.45) is 5.08. The summed E-state index contributed by atoms with van der Waals surface area (Å²) in [7, 11) is 0. The van der Waals surface area contributed by atoms with Crippen LogP contribution in [0.2, 0.25) is 0 Å². The van der Waals surface area contributed by atoms with Crippen LogP contribution < -0.4 is 0 Å². The standard InChI is InChI=1S/C10H8N6/c1-2-4-9(5-3-1)10-8-16(14-12-10)15-7-6-11-13-15/h1-8H. The summed E-state index contributed by atoms with van der Waals surface area (Å²) in [5.41, 5.74) is 1.82. The predicted molar refractivity (Wildman–Crippen MR) is 56.3 cm³/mol. The second-order valence-corrected chi connectivity index (χ2v) is 3.21. The first-order valence-corrected chi connectivity index (χ1v) is 4.78. The Morgan fingerprint density at radius 2 is 1.81 bits per heavy atom. The summed E-state index contributed by atoms with van der Waals surface area (Å²) in [5.74, 6) is 0. The van der Waals surface area contributed by atoms with Crippen molar-refractivity contribution in [1.82, 2.24) is 30.2 Å². The van der Waals surface area contributed by atoms with Gasteiger partial charge in [0.05, 0.1) is 18.6 Å². The van der Waals surface area contributed by atoms with Crippen molar-refractivity contribution in [3.8, 4) is 11.3 Å². The Kier molecular flexibility index (Phi) is 1.96. The molecule has 3 aromatic rings. The zero-order chi connectivity index (χ0) is 10.8. The Hall–Kier alpha value is -2.50. The average Bonchev–Trinajstić information content (AvgIpc) is 3.01. The van der Waals surface area contributed by atoms with Gasteiger partial charge in [-0.15, -0.1) is 19.8 Å². The van der Waals surface area contributed by atoms with Gasteiger partial charge in [0.2, 0.25) is 0 Å². The van der Waals surface area contributed by atoms with Gasteiger partial charge in [-0.2, -0.15) is 0 Å². The van der Waals surface area contributed by atoms with Gasteiger partial charge in [-0.25, -0.2) is 0 Å². The molecule has 0 fully saturated rings. The van der Waals surface area contributed by atoms with Crippen molar-refractivity contribution in [2.24, 2.45) is 0 Å². The molecule has 6 heteroatoms. The largest absolute Gasteiger partial charge is 0.137 e. The van der Waals surface area contributed by atoms with Crippen LogP contribution >= 0.6 is 0 Å². The zero-order valence-electron chi connectivity index (χ0n) is 8.30. The molecule has 0 aliphatic rings. The van der Waals surface area contributed by atoms with Gasteiger partial charge in [0.1, 0.15) is 5.69 Å². The molecule has 2 aromatic heterocycles. The lowest BCUT2D eigenvalue weighted by molar-refractivity contribution is 0.475. The minimum atomic E-state index is 0.802. The second kappa shape index (κ2) is 3.58. The van der Waals surface area contributed by atoms with E-state index in [-0.39, 0.29) is 0 Å². The van der Waals surface area contributed by atoms with Gasteiger partial charge < -0.3 is 0 Å². The third-order valence-electron chi connectivity index (χ3n) is 2.17. The number of nitrogens with zero attached hydrogens (tertiary/aromatic N) is 6. The Bertz CT molecular complexity index is 568. The molecule has 3 rings (SSSR count).